The summed E-state index contributed by atoms with van der Waals surface area (Å²) in [6.45, 7) is 5.95. The highest BCUT2D eigenvalue weighted by Gasteiger charge is 2.32. The first-order valence-electron chi connectivity index (χ1n) is 10.9. The topological polar surface area (TPSA) is 83.6 Å². The van der Waals surface area contributed by atoms with E-state index in [1.807, 2.05) is 30.3 Å². The number of anilines is 1. The van der Waals surface area contributed by atoms with Crippen molar-refractivity contribution < 1.29 is 14.4 Å². The van der Waals surface area contributed by atoms with Crippen LogP contribution < -0.4 is 10.6 Å². The second-order valence-electron chi connectivity index (χ2n) is 8.22. The Morgan fingerprint density at radius 2 is 2.06 bits per heavy atom. The monoisotopic (exact) mass is 452 g/mol. The molecule has 0 saturated carbocycles. The van der Waals surface area contributed by atoms with Gasteiger partial charge in [0, 0.05) is 36.5 Å². The summed E-state index contributed by atoms with van der Waals surface area (Å²) in [6.07, 6.45) is 3.08. The van der Waals surface area contributed by atoms with E-state index >= 15 is 0 Å². The Balaban J connectivity index is 1.83. The van der Waals surface area contributed by atoms with Gasteiger partial charge in [-0.25, -0.2) is 5.06 Å². The normalized spacial score (nSPS) is 13.7. The summed E-state index contributed by atoms with van der Waals surface area (Å²) in [5.74, 6) is -0.146. The van der Waals surface area contributed by atoms with E-state index in [4.69, 9.17) is 4.84 Å². The largest absolute Gasteiger partial charge is 0.376 e. The third-order valence-electron chi connectivity index (χ3n) is 5.39. The molecule has 7 nitrogen and oxygen atoms in total. The summed E-state index contributed by atoms with van der Waals surface area (Å²) in [5.41, 5.74) is 2.78. The fraction of sp³-hybridized carbons (Fsp3) is 0.375. The first-order chi connectivity index (χ1) is 15.5. The van der Waals surface area contributed by atoms with Crippen LogP contribution in [0.15, 0.2) is 36.5 Å². The Labute approximate surface area is 191 Å². The lowest BCUT2D eigenvalue weighted by molar-refractivity contribution is -0.0768. The van der Waals surface area contributed by atoms with Crippen LogP contribution in [-0.4, -0.2) is 48.6 Å². The molecule has 0 aliphatic carbocycles. The van der Waals surface area contributed by atoms with Crippen LogP contribution in [0.3, 0.4) is 0 Å². The van der Waals surface area contributed by atoms with Gasteiger partial charge in [-0.15, -0.1) is 11.3 Å². The van der Waals surface area contributed by atoms with E-state index in [-0.39, 0.29) is 11.8 Å². The van der Waals surface area contributed by atoms with Crippen LogP contribution >= 0.6 is 11.3 Å². The van der Waals surface area contributed by atoms with Gasteiger partial charge in [0.1, 0.15) is 5.00 Å². The standard InChI is InChI=1S/C24H28N4O3S/c1-15(2)14-27-23-21(22(29)25-3)20(24(30)28-11-6-12-31-28)19(32-23)13-16-7-4-9-18-17(16)8-5-10-26-18/h4-5,7-10,15,27H,6,11-14H2,1-3H3,(H,25,29). The summed E-state index contributed by atoms with van der Waals surface area (Å²) >= 11 is 1.47. The van der Waals surface area contributed by atoms with Crippen LogP contribution in [0.1, 0.15) is 51.4 Å². The maximum Gasteiger partial charge on any atom is 0.279 e. The smallest absolute Gasteiger partial charge is 0.279 e. The first-order valence-corrected chi connectivity index (χ1v) is 11.7. The summed E-state index contributed by atoms with van der Waals surface area (Å²) in [4.78, 5) is 37.3. The van der Waals surface area contributed by atoms with E-state index in [1.165, 1.54) is 16.4 Å². The molecule has 1 saturated heterocycles. The van der Waals surface area contributed by atoms with Gasteiger partial charge in [0.15, 0.2) is 0 Å². The van der Waals surface area contributed by atoms with E-state index in [9.17, 15) is 9.59 Å². The fourth-order valence-electron chi connectivity index (χ4n) is 3.82. The quantitative estimate of drug-likeness (QED) is 0.564. The molecule has 0 radical (unpaired) electrons. The third kappa shape index (κ3) is 4.47. The van der Waals surface area contributed by atoms with Gasteiger partial charge < -0.3 is 10.6 Å². The zero-order chi connectivity index (χ0) is 22.7. The molecule has 4 rings (SSSR count). The number of hydrogen-bond donors (Lipinski definition) is 2. The molecule has 1 aliphatic rings. The molecular weight excluding hydrogens is 424 g/mol. The van der Waals surface area contributed by atoms with E-state index < -0.39 is 0 Å². The zero-order valence-electron chi connectivity index (χ0n) is 18.6. The lowest BCUT2D eigenvalue weighted by atomic mass is 10.0. The number of benzene rings is 1. The molecule has 1 fully saturated rings. The van der Waals surface area contributed by atoms with Gasteiger partial charge in [-0.1, -0.05) is 32.0 Å². The van der Waals surface area contributed by atoms with Gasteiger partial charge in [0.2, 0.25) is 0 Å². The Morgan fingerprint density at radius 3 is 2.78 bits per heavy atom. The molecule has 3 heterocycles. The number of nitrogens with one attached hydrogen (secondary N) is 2. The van der Waals surface area contributed by atoms with Gasteiger partial charge >= 0.3 is 0 Å². The molecule has 0 bridgehead atoms. The van der Waals surface area contributed by atoms with Crippen molar-refractivity contribution in [3.8, 4) is 0 Å². The molecule has 1 aliphatic heterocycles. The van der Waals surface area contributed by atoms with Crippen LogP contribution in [0.2, 0.25) is 0 Å². The van der Waals surface area contributed by atoms with Crippen LogP contribution in [0.4, 0.5) is 5.00 Å². The number of amides is 2. The third-order valence-corrected chi connectivity index (χ3v) is 6.53. The van der Waals surface area contributed by atoms with Gasteiger partial charge in [-0.05, 0) is 30.0 Å². The number of hydrogen-bond acceptors (Lipinski definition) is 6. The maximum atomic E-state index is 13.5. The number of carbonyl (C=O) groups excluding carboxylic acids is 2. The molecule has 2 amide bonds. The number of thiophene rings is 1. The van der Waals surface area contributed by atoms with Crippen LogP contribution in [0, 0.1) is 5.92 Å². The van der Waals surface area contributed by atoms with Crippen molar-refractivity contribution in [3.05, 3.63) is 58.1 Å². The average molecular weight is 453 g/mol. The van der Waals surface area contributed by atoms with E-state index in [1.54, 1.807) is 13.2 Å². The number of fused-ring (bicyclic) bond motifs is 1. The lowest BCUT2D eigenvalue weighted by Gasteiger charge is -2.16. The number of aromatic nitrogens is 1. The summed E-state index contributed by atoms with van der Waals surface area (Å²) < 4.78 is 0. The molecule has 168 valence electrons. The minimum Gasteiger partial charge on any atom is -0.376 e. The van der Waals surface area contributed by atoms with E-state index in [0.717, 1.165) is 27.8 Å². The van der Waals surface area contributed by atoms with Crippen LogP contribution in [-0.2, 0) is 11.3 Å². The summed E-state index contributed by atoms with van der Waals surface area (Å²) in [7, 11) is 1.59. The first kappa shape index (κ1) is 22.2. The minimum absolute atomic E-state index is 0.261. The highest BCUT2D eigenvalue weighted by Crippen LogP contribution is 2.37. The van der Waals surface area contributed by atoms with Crippen molar-refractivity contribution >= 4 is 39.1 Å². The molecule has 8 heteroatoms. The minimum atomic E-state index is -0.277. The lowest BCUT2D eigenvalue weighted by Crippen LogP contribution is -2.30. The second-order valence-corrected chi connectivity index (χ2v) is 9.32. The highest BCUT2D eigenvalue weighted by molar-refractivity contribution is 7.17. The van der Waals surface area contributed by atoms with Crippen molar-refractivity contribution in [2.45, 2.75) is 26.7 Å². The summed E-state index contributed by atoms with van der Waals surface area (Å²) in [5, 5.41) is 9.24. The van der Waals surface area contributed by atoms with Crippen molar-refractivity contribution in [3.63, 3.8) is 0 Å². The maximum absolute atomic E-state index is 13.5. The predicted octanol–water partition coefficient (Wildman–Crippen LogP) is 4.09. The Morgan fingerprint density at radius 1 is 1.22 bits per heavy atom. The van der Waals surface area contributed by atoms with E-state index in [0.29, 0.717) is 48.2 Å². The molecular formula is C24H28N4O3S. The van der Waals surface area contributed by atoms with Gasteiger partial charge in [-0.3, -0.25) is 19.4 Å². The van der Waals surface area contributed by atoms with Gasteiger partial charge in [-0.2, -0.15) is 0 Å². The molecule has 32 heavy (non-hydrogen) atoms. The van der Waals surface area contributed by atoms with Gasteiger partial charge in [0.25, 0.3) is 11.8 Å². The fourth-order valence-corrected chi connectivity index (χ4v) is 5.04. The Bertz CT molecular complexity index is 1130. The predicted molar refractivity (Wildman–Crippen MR) is 127 cm³/mol. The van der Waals surface area contributed by atoms with E-state index in [2.05, 4.69) is 29.5 Å². The average Bonchev–Trinajstić information content (AvgIpc) is 3.45. The Hall–Kier alpha value is -2.97. The van der Waals surface area contributed by atoms with Crippen molar-refractivity contribution in [1.29, 1.82) is 0 Å². The molecule has 1 aromatic carbocycles. The summed E-state index contributed by atoms with van der Waals surface area (Å²) in [6, 6.07) is 9.94. The SMILES string of the molecule is CNC(=O)c1c(NCC(C)C)sc(Cc2cccc3ncccc23)c1C(=O)N1CCCO1. The zero-order valence-corrected chi connectivity index (χ0v) is 19.4. The number of pyridine rings is 1. The molecule has 2 N–H and O–H groups in total. The number of carbonyl (C=O) groups is 2. The van der Waals surface area contributed by atoms with Gasteiger partial charge in [0.05, 0.1) is 29.8 Å². The number of nitrogens with zero attached hydrogens (tertiary/aromatic N) is 2. The van der Waals surface area contributed by atoms with Crippen LogP contribution in [0.5, 0.6) is 0 Å². The molecule has 0 spiro atoms. The number of rotatable bonds is 7. The Kier molecular flexibility index (Phi) is 6.72. The van der Waals surface area contributed by atoms with Crippen molar-refractivity contribution in [2.75, 3.05) is 32.1 Å². The highest BCUT2D eigenvalue weighted by atomic mass is 32.1. The van der Waals surface area contributed by atoms with Crippen LogP contribution in [0.25, 0.3) is 10.9 Å². The number of hydroxylamine groups is 2. The molecule has 0 atom stereocenters. The molecule has 3 aromatic rings. The van der Waals surface area contributed by atoms with Crippen molar-refractivity contribution in [1.82, 2.24) is 15.4 Å². The van der Waals surface area contributed by atoms with Crippen molar-refractivity contribution in [2.24, 2.45) is 5.92 Å². The molecule has 0 unspecified atom stereocenters. The second kappa shape index (κ2) is 9.67. The molecule has 2 aromatic heterocycles.